The van der Waals surface area contributed by atoms with Gasteiger partial charge < -0.3 is 9.22 Å². The molecule has 0 aromatic heterocycles. The van der Waals surface area contributed by atoms with Crippen LogP contribution in [0.15, 0.2) is 48.1 Å². The lowest BCUT2D eigenvalue weighted by atomic mass is 9.96. The van der Waals surface area contributed by atoms with Crippen LogP contribution in [-0.4, -0.2) is 32.7 Å². The molecule has 0 aliphatic heterocycles. The molecule has 0 unspecified atom stereocenters. The van der Waals surface area contributed by atoms with Crippen molar-refractivity contribution in [2.75, 3.05) is 0 Å². The minimum absolute atomic E-state index is 0.00545. The van der Waals surface area contributed by atoms with Gasteiger partial charge in [0, 0.05) is 17.9 Å². The maximum atomic E-state index is 12.5. The lowest BCUT2D eigenvalue weighted by molar-refractivity contribution is -0.125. The molecular weight excluding hydrogens is 445 g/mol. The highest BCUT2D eigenvalue weighted by Gasteiger charge is 2.39. The van der Waals surface area contributed by atoms with Gasteiger partial charge in [0.2, 0.25) is 0 Å². The summed E-state index contributed by atoms with van der Waals surface area (Å²) < 4.78 is 43.9. The Balaban J connectivity index is 2.87. The monoisotopic (exact) mass is 484 g/mol. The molecule has 0 radical (unpaired) electrons. The van der Waals surface area contributed by atoms with Crippen molar-refractivity contribution in [3.63, 3.8) is 0 Å². The van der Waals surface area contributed by atoms with Crippen LogP contribution in [0.3, 0.4) is 0 Å². The van der Waals surface area contributed by atoms with Gasteiger partial charge in [-0.15, -0.1) is 0 Å². The molecular formula is C26H39F3O3Si. The molecule has 1 aliphatic carbocycles. The Bertz CT molecular complexity index is 756. The Morgan fingerprint density at radius 3 is 2.36 bits per heavy atom. The van der Waals surface area contributed by atoms with Gasteiger partial charge in [0.25, 0.3) is 0 Å². The van der Waals surface area contributed by atoms with E-state index in [0.29, 0.717) is 25.7 Å². The van der Waals surface area contributed by atoms with Gasteiger partial charge in [-0.05, 0) is 56.3 Å². The van der Waals surface area contributed by atoms with Gasteiger partial charge in [-0.2, -0.15) is 13.2 Å². The number of carbonyl (C=O) groups excluding carboxylic acids is 2. The van der Waals surface area contributed by atoms with E-state index >= 15 is 0 Å². The molecule has 0 spiro atoms. The summed E-state index contributed by atoms with van der Waals surface area (Å²) in [5, 5.41) is -0.0318. The molecule has 0 aromatic carbocycles. The molecule has 0 amide bonds. The molecule has 0 aromatic rings. The number of ketones is 1. The highest BCUT2D eigenvalue weighted by atomic mass is 28.4. The van der Waals surface area contributed by atoms with Crippen molar-refractivity contribution < 1.29 is 27.2 Å². The molecule has 0 heterocycles. The summed E-state index contributed by atoms with van der Waals surface area (Å²) in [6.07, 6.45) is 11.3. The van der Waals surface area contributed by atoms with Gasteiger partial charge in [0.1, 0.15) is 6.29 Å². The van der Waals surface area contributed by atoms with E-state index in [4.69, 9.17) is 4.43 Å². The van der Waals surface area contributed by atoms with Crippen molar-refractivity contribution in [2.24, 2.45) is 5.92 Å². The van der Waals surface area contributed by atoms with Gasteiger partial charge in [-0.3, -0.25) is 4.79 Å². The Morgan fingerprint density at radius 2 is 1.76 bits per heavy atom. The summed E-state index contributed by atoms with van der Waals surface area (Å²) in [7, 11) is -2.13. The molecule has 0 saturated heterocycles. The molecule has 1 aliphatic rings. The number of unbranched alkanes of at least 4 members (excludes halogenated alkanes) is 2. The number of halogens is 3. The summed E-state index contributed by atoms with van der Waals surface area (Å²) >= 11 is 0. The van der Waals surface area contributed by atoms with Crippen LogP contribution in [0.1, 0.15) is 65.7 Å². The summed E-state index contributed by atoms with van der Waals surface area (Å²) in [6, 6.07) is 0. The van der Waals surface area contributed by atoms with Crippen molar-refractivity contribution in [3.05, 3.63) is 48.1 Å². The number of rotatable bonds is 13. The highest BCUT2D eigenvalue weighted by molar-refractivity contribution is 6.74. The molecule has 2 atom stereocenters. The standard InChI is InChI=1S/C26H39F3O3Si/c1-25(2,3)33(4,5)32-22(14-10-11-19-26(27,28)29)16-17-23-21(15-18-24(23)31)13-9-7-6-8-12-20-30/h7,9-11,15,17-18,20-22H,6,8,12-14,16,19H2,1-5H3/b9-7-,11-10-,23-17+/t21-,22-/m0/s1. The maximum absolute atomic E-state index is 12.5. The molecule has 0 saturated carbocycles. The zero-order chi connectivity index (χ0) is 25.1. The van der Waals surface area contributed by atoms with Crippen LogP contribution in [0.5, 0.6) is 0 Å². The predicted molar refractivity (Wildman–Crippen MR) is 131 cm³/mol. The maximum Gasteiger partial charge on any atom is 0.392 e. The topological polar surface area (TPSA) is 43.4 Å². The Hall–Kier alpha value is -1.73. The summed E-state index contributed by atoms with van der Waals surface area (Å²) in [6.45, 7) is 10.6. The fourth-order valence-electron chi connectivity index (χ4n) is 3.23. The molecule has 3 nitrogen and oxygen atoms in total. The first-order valence-corrected chi connectivity index (χ1v) is 14.6. The zero-order valence-electron chi connectivity index (χ0n) is 20.6. The van der Waals surface area contributed by atoms with E-state index in [2.05, 4.69) is 33.9 Å². The summed E-state index contributed by atoms with van der Waals surface area (Å²) in [5.74, 6) is -0.0258. The van der Waals surface area contributed by atoms with Crippen molar-refractivity contribution in [3.8, 4) is 0 Å². The van der Waals surface area contributed by atoms with Gasteiger partial charge in [-0.1, -0.05) is 57.2 Å². The molecule has 186 valence electrons. The predicted octanol–water partition coefficient (Wildman–Crippen LogP) is 7.66. The fraction of sp³-hybridized carbons (Fsp3) is 0.615. The van der Waals surface area contributed by atoms with Crippen LogP contribution in [0.25, 0.3) is 0 Å². The van der Waals surface area contributed by atoms with Gasteiger partial charge in [0.15, 0.2) is 14.1 Å². The summed E-state index contributed by atoms with van der Waals surface area (Å²) in [5.41, 5.74) is 0.718. The van der Waals surface area contributed by atoms with Crippen LogP contribution in [0.2, 0.25) is 18.1 Å². The Labute approximate surface area is 198 Å². The number of alkyl halides is 3. The largest absolute Gasteiger partial charge is 0.413 e. The van der Waals surface area contributed by atoms with Crippen LogP contribution in [-0.2, 0) is 14.0 Å². The first-order chi connectivity index (χ1) is 15.3. The molecule has 0 bridgehead atoms. The number of allylic oxidation sites excluding steroid dienone is 6. The first kappa shape index (κ1) is 29.3. The van der Waals surface area contributed by atoms with Crippen molar-refractivity contribution in [1.82, 2.24) is 0 Å². The van der Waals surface area contributed by atoms with Crippen LogP contribution in [0, 0.1) is 5.92 Å². The van der Waals surface area contributed by atoms with Crippen molar-refractivity contribution in [2.45, 2.75) is 96.1 Å². The van der Waals surface area contributed by atoms with E-state index in [1.54, 1.807) is 6.08 Å². The molecule has 33 heavy (non-hydrogen) atoms. The molecule has 0 fully saturated rings. The number of hydrogen-bond donors (Lipinski definition) is 0. The average Bonchev–Trinajstić information content (AvgIpc) is 3.03. The molecule has 1 rings (SSSR count). The van der Waals surface area contributed by atoms with Crippen LogP contribution < -0.4 is 0 Å². The third kappa shape index (κ3) is 11.3. The second-order valence-electron chi connectivity index (χ2n) is 10.1. The second-order valence-corrected chi connectivity index (χ2v) is 14.8. The van der Waals surface area contributed by atoms with E-state index in [1.807, 2.05) is 24.3 Å². The third-order valence-electron chi connectivity index (χ3n) is 6.20. The van der Waals surface area contributed by atoms with Crippen LogP contribution >= 0.6 is 0 Å². The highest BCUT2D eigenvalue weighted by Crippen LogP contribution is 2.38. The fourth-order valence-corrected chi connectivity index (χ4v) is 4.61. The van der Waals surface area contributed by atoms with E-state index in [0.717, 1.165) is 30.8 Å². The smallest absolute Gasteiger partial charge is 0.392 e. The van der Waals surface area contributed by atoms with E-state index < -0.39 is 20.9 Å². The molecule has 7 heteroatoms. The number of carbonyl (C=O) groups is 2. The number of aldehydes is 1. The quantitative estimate of drug-likeness (QED) is 0.0886. The van der Waals surface area contributed by atoms with E-state index in [1.165, 1.54) is 6.08 Å². The van der Waals surface area contributed by atoms with Gasteiger partial charge >= 0.3 is 6.18 Å². The lowest BCUT2D eigenvalue weighted by Gasteiger charge is -2.39. The average molecular weight is 485 g/mol. The normalized spacial score (nSPS) is 19.9. The Morgan fingerprint density at radius 1 is 1.06 bits per heavy atom. The van der Waals surface area contributed by atoms with Crippen molar-refractivity contribution >= 4 is 20.4 Å². The second kappa shape index (κ2) is 13.2. The minimum atomic E-state index is -4.22. The van der Waals surface area contributed by atoms with E-state index in [-0.39, 0.29) is 22.8 Å². The summed E-state index contributed by atoms with van der Waals surface area (Å²) in [4.78, 5) is 22.8. The van der Waals surface area contributed by atoms with Gasteiger partial charge in [0.05, 0.1) is 12.5 Å². The van der Waals surface area contributed by atoms with E-state index in [9.17, 15) is 22.8 Å². The Kier molecular flexibility index (Phi) is 11.7. The SMILES string of the molecule is CC(C)(C)[Si](C)(C)O[C@@H](C/C=C\CC(F)(F)F)C/C=C1/C(=O)C=C[C@@H]1C/C=C\CCCC=O. The third-order valence-corrected chi connectivity index (χ3v) is 10.7. The minimum Gasteiger partial charge on any atom is -0.413 e. The molecule has 0 N–H and O–H groups in total. The lowest BCUT2D eigenvalue weighted by Crippen LogP contribution is -2.43. The van der Waals surface area contributed by atoms with Crippen molar-refractivity contribution in [1.29, 1.82) is 0 Å². The van der Waals surface area contributed by atoms with Crippen LogP contribution in [0.4, 0.5) is 13.2 Å². The zero-order valence-corrected chi connectivity index (χ0v) is 21.6. The number of hydrogen-bond acceptors (Lipinski definition) is 3. The first-order valence-electron chi connectivity index (χ1n) is 11.7. The van der Waals surface area contributed by atoms with Gasteiger partial charge in [-0.25, -0.2) is 0 Å².